The van der Waals surface area contributed by atoms with Crippen LogP contribution in [0.5, 0.6) is 0 Å². The first-order valence-corrected chi connectivity index (χ1v) is 7.32. The molecule has 3 saturated heterocycles. The molecule has 4 heteroatoms. The molecule has 3 heterocycles. The summed E-state index contributed by atoms with van der Waals surface area (Å²) in [6, 6.07) is 0. The van der Waals surface area contributed by atoms with Crippen LogP contribution in [0.4, 0.5) is 0 Å². The Morgan fingerprint density at radius 3 is 1.71 bits per heavy atom. The number of quaternary nitrogens is 2. The molecule has 0 unspecified atom stereocenters. The van der Waals surface area contributed by atoms with Gasteiger partial charge in [0.2, 0.25) is 0 Å². The molecule has 0 aromatic carbocycles. The van der Waals surface area contributed by atoms with Crippen LogP contribution in [0, 0.1) is 0 Å². The summed E-state index contributed by atoms with van der Waals surface area (Å²) in [6.45, 7) is 16.4. The van der Waals surface area contributed by atoms with Crippen molar-refractivity contribution in [2.45, 2.75) is 0 Å². The third-order valence-corrected chi connectivity index (χ3v) is 5.54. The second-order valence-electron chi connectivity index (χ2n) is 6.53. The quantitative estimate of drug-likeness (QED) is 0.557. The average Bonchev–Trinajstić information content (AvgIpc) is 2.38. The summed E-state index contributed by atoms with van der Waals surface area (Å²) in [4.78, 5) is 2.49. The summed E-state index contributed by atoms with van der Waals surface area (Å²) in [5.41, 5.74) is 0. The second-order valence-corrected chi connectivity index (χ2v) is 6.53. The lowest BCUT2D eigenvalue weighted by molar-refractivity contribution is -1.03. The van der Waals surface area contributed by atoms with Gasteiger partial charge in [-0.3, -0.25) is 4.90 Å². The van der Waals surface area contributed by atoms with E-state index in [1.54, 1.807) is 0 Å². The molecule has 0 aliphatic carbocycles. The second kappa shape index (κ2) is 4.50. The molecule has 3 aliphatic rings. The molecule has 3 fully saturated rings. The average molecular weight is 240 g/mol. The normalized spacial score (nSPS) is 33.0. The van der Waals surface area contributed by atoms with Gasteiger partial charge in [0.1, 0.15) is 26.2 Å². The molecule has 0 amide bonds. The van der Waals surface area contributed by atoms with E-state index in [-0.39, 0.29) is 0 Å². The minimum atomic E-state index is 1.24. The number of nitrogens with zero attached hydrogens (tertiary/aromatic N) is 3. The van der Waals surface area contributed by atoms with Crippen molar-refractivity contribution < 1.29 is 8.97 Å². The van der Waals surface area contributed by atoms with Crippen LogP contribution >= 0.6 is 0 Å². The van der Waals surface area contributed by atoms with E-state index in [2.05, 4.69) is 17.3 Å². The fourth-order valence-corrected chi connectivity index (χ4v) is 3.83. The van der Waals surface area contributed by atoms with Crippen molar-refractivity contribution >= 4 is 0 Å². The van der Waals surface area contributed by atoms with Gasteiger partial charge in [-0.25, -0.2) is 0 Å². The van der Waals surface area contributed by atoms with Crippen LogP contribution in [0.15, 0.2) is 0 Å². The van der Waals surface area contributed by atoms with E-state index in [0.717, 1.165) is 0 Å². The number of hydrogen-bond acceptors (Lipinski definition) is 2. The van der Waals surface area contributed by atoms with Crippen molar-refractivity contribution in [3.8, 4) is 0 Å². The van der Waals surface area contributed by atoms with Crippen LogP contribution in [0.3, 0.4) is 0 Å². The van der Waals surface area contributed by atoms with E-state index < -0.39 is 0 Å². The molecule has 3 aliphatic heterocycles. The largest absolute Gasteiger partial charge is 0.312 e. The van der Waals surface area contributed by atoms with Crippen LogP contribution in [0.1, 0.15) is 0 Å². The molecule has 0 atom stereocenters. The summed E-state index contributed by atoms with van der Waals surface area (Å²) in [5, 5.41) is 3.51. The molecule has 1 N–H and O–H groups in total. The summed E-state index contributed by atoms with van der Waals surface area (Å²) in [5.74, 6) is 0. The molecule has 4 nitrogen and oxygen atoms in total. The van der Waals surface area contributed by atoms with Crippen LogP contribution in [-0.2, 0) is 0 Å². The van der Waals surface area contributed by atoms with Crippen molar-refractivity contribution in [1.82, 2.24) is 10.2 Å². The Kier molecular flexibility index (Phi) is 3.15. The number of rotatable bonds is 0. The predicted molar refractivity (Wildman–Crippen MR) is 69.8 cm³/mol. The van der Waals surface area contributed by atoms with Gasteiger partial charge in [0.25, 0.3) is 0 Å². The first kappa shape index (κ1) is 11.9. The summed E-state index contributed by atoms with van der Waals surface area (Å²) in [7, 11) is 2.27. The lowest BCUT2D eigenvalue weighted by Gasteiger charge is -2.53. The predicted octanol–water partition coefficient (Wildman–Crippen LogP) is -0.818. The lowest BCUT2D eigenvalue weighted by atomic mass is 10.1. The fraction of sp³-hybridized carbons (Fsp3) is 1.00. The van der Waals surface area contributed by atoms with E-state index in [4.69, 9.17) is 0 Å². The zero-order valence-electron chi connectivity index (χ0n) is 11.3. The number of nitrogens with one attached hydrogen (secondary N) is 1. The highest BCUT2D eigenvalue weighted by Gasteiger charge is 2.43. The maximum Gasteiger partial charge on any atom is 0.129 e. The standard InChI is InChI=1S/C13H28N4/c1-15-4-8-17(9-5-15)12-10-16(11-13-17)6-2-14-3-7-16/h14H,2-13H2,1H3/q+2. The van der Waals surface area contributed by atoms with Crippen LogP contribution in [0.2, 0.25) is 0 Å². The zero-order valence-corrected chi connectivity index (χ0v) is 11.3. The third-order valence-electron chi connectivity index (χ3n) is 5.54. The number of likely N-dealkylation sites (N-methyl/N-ethyl adjacent to an activating group) is 1. The molecular weight excluding hydrogens is 212 g/mol. The molecule has 0 aromatic rings. The van der Waals surface area contributed by atoms with Gasteiger partial charge in [-0.2, -0.15) is 0 Å². The molecule has 0 radical (unpaired) electrons. The molecule has 2 spiro atoms. The molecule has 0 saturated carbocycles. The monoisotopic (exact) mass is 240 g/mol. The molecule has 3 rings (SSSR count). The third kappa shape index (κ3) is 2.36. The maximum atomic E-state index is 3.51. The van der Waals surface area contributed by atoms with Gasteiger partial charge >= 0.3 is 0 Å². The Morgan fingerprint density at radius 1 is 0.706 bits per heavy atom. The smallest absolute Gasteiger partial charge is 0.129 e. The minimum absolute atomic E-state index is 1.24. The highest BCUT2D eigenvalue weighted by atomic mass is 15.5. The Labute approximate surface area is 105 Å². The van der Waals surface area contributed by atoms with Crippen molar-refractivity contribution in [3.63, 3.8) is 0 Å². The number of piperazine rings is 3. The summed E-state index contributed by atoms with van der Waals surface area (Å²) in [6.07, 6.45) is 0. The van der Waals surface area contributed by atoms with Crippen LogP contribution < -0.4 is 5.32 Å². The summed E-state index contributed by atoms with van der Waals surface area (Å²) < 4.78 is 2.85. The van der Waals surface area contributed by atoms with Crippen molar-refractivity contribution in [2.24, 2.45) is 0 Å². The molecular formula is C13H28N4+2. The molecule has 0 bridgehead atoms. The van der Waals surface area contributed by atoms with E-state index >= 15 is 0 Å². The zero-order chi connectivity index (χ0) is 11.8. The Bertz CT molecular complexity index is 253. The van der Waals surface area contributed by atoms with Gasteiger partial charge in [-0.1, -0.05) is 0 Å². The molecule has 98 valence electrons. The van der Waals surface area contributed by atoms with Crippen LogP contribution in [0.25, 0.3) is 0 Å². The van der Waals surface area contributed by atoms with E-state index in [0.29, 0.717) is 0 Å². The molecule has 17 heavy (non-hydrogen) atoms. The van der Waals surface area contributed by atoms with Gasteiger partial charge in [0.15, 0.2) is 0 Å². The van der Waals surface area contributed by atoms with Gasteiger partial charge in [-0.05, 0) is 7.05 Å². The Hall–Kier alpha value is -0.160. The fourth-order valence-electron chi connectivity index (χ4n) is 3.83. The van der Waals surface area contributed by atoms with Gasteiger partial charge < -0.3 is 14.3 Å². The highest BCUT2D eigenvalue weighted by molar-refractivity contribution is 4.66. The van der Waals surface area contributed by atoms with E-state index in [1.807, 2.05) is 0 Å². The lowest BCUT2D eigenvalue weighted by Crippen LogP contribution is -2.72. The first-order chi connectivity index (χ1) is 8.22. The van der Waals surface area contributed by atoms with Crippen molar-refractivity contribution in [3.05, 3.63) is 0 Å². The van der Waals surface area contributed by atoms with E-state index in [9.17, 15) is 0 Å². The number of hydrogen-bond donors (Lipinski definition) is 1. The summed E-state index contributed by atoms with van der Waals surface area (Å²) >= 11 is 0. The van der Waals surface area contributed by atoms with Gasteiger partial charge in [0, 0.05) is 26.2 Å². The SMILES string of the molecule is CN1CC[N+]2(CC1)CC[N+]1(CCNCC1)CC2. The Balaban J connectivity index is 1.59. The molecule has 0 aromatic heterocycles. The van der Waals surface area contributed by atoms with Gasteiger partial charge in [-0.15, -0.1) is 0 Å². The van der Waals surface area contributed by atoms with Crippen molar-refractivity contribution in [1.29, 1.82) is 0 Å². The Morgan fingerprint density at radius 2 is 1.18 bits per heavy atom. The highest BCUT2D eigenvalue weighted by Crippen LogP contribution is 2.22. The van der Waals surface area contributed by atoms with Crippen molar-refractivity contribution in [2.75, 3.05) is 85.6 Å². The van der Waals surface area contributed by atoms with Crippen LogP contribution in [-0.4, -0.2) is 99.5 Å². The first-order valence-electron chi connectivity index (χ1n) is 7.32. The minimum Gasteiger partial charge on any atom is -0.312 e. The van der Waals surface area contributed by atoms with E-state index in [1.165, 1.54) is 87.5 Å². The maximum absolute atomic E-state index is 3.51. The van der Waals surface area contributed by atoms with Gasteiger partial charge in [0.05, 0.1) is 26.2 Å². The topological polar surface area (TPSA) is 15.3 Å².